The summed E-state index contributed by atoms with van der Waals surface area (Å²) in [4.78, 5) is 107. The van der Waals surface area contributed by atoms with Crippen molar-refractivity contribution < 1.29 is 101 Å². The van der Waals surface area contributed by atoms with Crippen molar-refractivity contribution in [3.8, 4) is 0 Å². The molecule has 18 bridgehead atoms. The Kier molecular flexibility index (Phi) is 49.9. The van der Waals surface area contributed by atoms with Crippen molar-refractivity contribution in [2.24, 2.45) is 133 Å². The van der Waals surface area contributed by atoms with Gasteiger partial charge in [0.25, 0.3) is 0 Å². The summed E-state index contributed by atoms with van der Waals surface area (Å²) in [5, 5.41) is 40.4. The molecule has 21 heteroatoms. The van der Waals surface area contributed by atoms with Gasteiger partial charge in [-0.2, -0.15) is 0 Å². The Labute approximate surface area is 829 Å². The lowest BCUT2D eigenvalue weighted by Gasteiger charge is -2.62. The van der Waals surface area contributed by atoms with E-state index in [9.17, 15) is 58.5 Å². The summed E-state index contributed by atoms with van der Waals surface area (Å²) in [5.41, 5.74) is -6.22. The van der Waals surface area contributed by atoms with E-state index >= 15 is 0 Å². The van der Waals surface area contributed by atoms with Gasteiger partial charge in [0.1, 0.15) is 46.8 Å². The molecular weight excluding hydrogens is 1710 g/mol. The van der Waals surface area contributed by atoms with Gasteiger partial charge in [-0.3, -0.25) is 43.2 Å². The van der Waals surface area contributed by atoms with Gasteiger partial charge in [-0.05, 0) is 338 Å². The van der Waals surface area contributed by atoms with Crippen LogP contribution in [0.25, 0.3) is 0 Å². The van der Waals surface area contributed by atoms with Gasteiger partial charge in [-0.1, -0.05) is 166 Å². The van der Waals surface area contributed by atoms with Gasteiger partial charge < -0.3 is 58.3 Å². The van der Waals surface area contributed by atoms with E-state index in [1.54, 1.807) is 13.8 Å². The van der Waals surface area contributed by atoms with Crippen molar-refractivity contribution >= 4 is 53.7 Å². The summed E-state index contributed by atoms with van der Waals surface area (Å²) in [6.45, 7) is 47.3. The molecule has 0 spiro atoms. The minimum absolute atomic E-state index is 0. The SMILES string of the molecule is C.C.C.C.C.C.C.C.C.C.C.C.C.C.CCC(C)(C)C(=O)O.CCC(C)(C)C(=O)OC(C)(C)C12CC3CC(CC(C3)C1)C2.CCC(C)(C)C(=O)OC(C)(C)C1CC2CCC1C2.CCC(C)(C)C(=O)OC12CC3CC(CC(O)(C3)C1)C2.CCC(C)(C)C(=O)OC12CC3CC(O)(CC(O)(C3)C1)C2.CCC(C)(C)C(=O)OC1C2CC3C(=O)OC1C3C2.CCC(C)C(=O)OC1C2CC3C(=O)OC1C3C2. The molecule has 800 valence electrons. The lowest BCUT2D eigenvalue weighted by molar-refractivity contribution is -0.264. The first-order valence-electron chi connectivity index (χ1n) is 48.0. The first-order valence-corrected chi connectivity index (χ1v) is 48.0. The number of carbonyl (C=O) groups excluding carboxylic acids is 8. The highest BCUT2D eigenvalue weighted by Crippen LogP contribution is 2.67. The number of hydrogen-bond donors (Lipinski definition) is 4. The highest BCUT2D eigenvalue weighted by atomic mass is 16.6. The molecule has 20 rings (SSSR count). The number of rotatable bonds is 22. The molecule has 0 radical (unpaired) electrons. The third-order valence-electron chi connectivity index (χ3n) is 35.2. The molecule has 2 saturated heterocycles. The normalized spacial score (nSPS) is 35.0. The third-order valence-corrected chi connectivity index (χ3v) is 35.2. The van der Waals surface area contributed by atoms with E-state index in [0.29, 0.717) is 73.5 Å². The smallest absolute Gasteiger partial charge is 0.312 e. The van der Waals surface area contributed by atoms with Crippen LogP contribution in [0.15, 0.2) is 0 Å². The van der Waals surface area contributed by atoms with Crippen LogP contribution < -0.4 is 0 Å². The molecule has 18 unspecified atom stereocenters. The van der Waals surface area contributed by atoms with E-state index in [1.807, 2.05) is 118 Å². The van der Waals surface area contributed by atoms with E-state index in [-0.39, 0.29) is 233 Å². The summed E-state index contributed by atoms with van der Waals surface area (Å²) in [5.74, 6) is 6.21. The maximum absolute atomic E-state index is 12.6. The lowest BCUT2D eigenvalue weighted by Crippen LogP contribution is -2.67. The fraction of sp³-hybridized carbons (Fsp3) is 0.921. The van der Waals surface area contributed by atoms with E-state index in [1.165, 1.54) is 70.6 Å². The number of aliphatic hydroxyl groups is 3. The second kappa shape index (κ2) is 49.4. The topological polar surface area (TPSA) is 308 Å². The van der Waals surface area contributed by atoms with Crippen molar-refractivity contribution in [1.82, 2.24) is 0 Å². The predicted octanol–water partition coefficient (Wildman–Crippen LogP) is 28.2. The summed E-state index contributed by atoms with van der Waals surface area (Å²) in [6.07, 6.45) is 31.2. The Morgan fingerprint density at radius 2 is 0.711 bits per heavy atom. The molecule has 4 N–H and O–H groups in total. The third kappa shape index (κ3) is 28.8. The van der Waals surface area contributed by atoms with Crippen LogP contribution in [0.5, 0.6) is 0 Å². The Balaban J connectivity index is -0.000000736. The first-order chi connectivity index (χ1) is 55.8. The maximum Gasteiger partial charge on any atom is 0.312 e. The average Bonchev–Trinajstić information content (AvgIpc) is 1.64. The fourth-order valence-electron chi connectivity index (χ4n) is 25.9. The van der Waals surface area contributed by atoms with Crippen LogP contribution in [0.1, 0.15) is 482 Å². The van der Waals surface area contributed by atoms with Crippen LogP contribution in [0, 0.1) is 133 Å². The monoisotopic (exact) mass is 1920 g/mol. The number of fused-ring (bicyclic) bond motifs is 4. The van der Waals surface area contributed by atoms with E-state index in [0.717, 1.165) is 139 Å². The number of ether oxygens (including phenoxy) is 8. The number of carbonyl (C=O) groups is 9. The van der Waals surface area contributed by atoms with Crippen LogP contribution in [-0.2, 0) is 81.0 Å². The molecule has 18 atom stereocenters. The molecule has 0 aromatic heterocycles. The Morgan fingerprint density at radius 3 is 1.06 bits per heavy atom. The summed E-state index contributed by atoms with van der Waals surface area (Å²) in [7, 11) is 0. The summed E-state index contributed by atoms with van der Waals surface area (Å²) < 4.78 is 45.8. The van der Waals surface area contributed by atoms with Gasteiger partial charge in [0.15, 0.2) is 0 Å². The van der Waals surface area contributed by atoms with Crippen LogP contribution >= 0.6 is 0 Å². The molecule has 135 heavy (non-hydrogen) atoms. The number of carboxylic acid groups (broad SMARTS) is 1. The van der Waals surface area contributed by atoms with E-state index in [2.05, 4.69) is 34.6 Å². The van der Waals surface area contributed by atoms with Gasteiger partial charge >= 0.3 is 53.7 Å². The van der Waals surface area contributed by atoms with Gasteiger partial charge in [0.2, 0.25) is 0 Å². The van der Waals surface area contributed by atoms with Gasteiger partial charge in [0.05, 0.1) is 67.0 Å². The number of carboxylic acids is 1. The lowest BCUT2D eigenvalue weighted by atomic mass is 9.46. The molecule has 20 aliphatic rings. The van der Waals surface area contributed by atoms with Crippen LogP contribution in [0.3, 0.4) is 0 Å². The van der Waals surface area contributed by atoms with Crippen LogP contribution in [0.2, 0.25) is 0 Å². The van der Waals surface area contributed by atoms with Crippen molar-refractivity contribution in [3.05, 3.63) is 0 Å². The number of hydrogen-bond acceptors (Lipinski definition) is 20. The molecule has 0 aromatic rings. The molecule has 18 aliphatic carbocycles. The second-order valence-corrected chi connectivity index (χ2v) is 47.8. The van der Waals surface area contributed by atoms with Crippen molar-refractivity contribution in [2.75, 3.05) is 0 Å². The van der Waals surface area contributed by atoms with Crippen molar-refractivity contribution in [1.29, 1.82) is 0 Å². The quantitative estimate of drug-likeness (QED) is 0.0578. The minimum atomic E-state index is -0.842. The molecular formula is C114H218O21. The highest BCUT2D eigenvalue weighted by Gasteiger charge is 2.68. The van der Waals surface area contributed by atoms with E-state index < -0.39 is 50.0 Å². The molecule has 2 aliphatic heterocycles. The minimum Gasteiger partial charge on any atom is -0.481 e. The van der Waals surface area contributed by atoms with Crippen LogP contribution in [-0.4, -0.2) is 138 Å². The Morgan fingerprint density at radius 1 is 0.363 bits per heavy atom. The van der Waals surface area contributed by atoms with Gasteiger partial charge in [0, 0.05) is 60.7 Å². The highest BCUT2D eigenvalue weighted by molar-refractivity contribution is 5.80. The molecule has 0 amide bonds. The van der Waals surface area contributed by atoms with Crippen molar-refractivity contribution in [3.63, 3.8) is 0 Å². The predicted molar refractivity (Wildman–Crippen MR) is 553 cm³/mol. The molecule has 18 saturated carbocycles. The molecule has 2 heterocycles. The Bertz CT molecular complexity index is 3710. The molecule has 20 fully saturated rings. The largest absolute Gasteiger partial charge is 0.481 e. The second-order valence-electron chi connectivity index (χ2n) is 47.8. The molecule has 0 aromatic carbocycles. The van der Waals surface area contributed by atoms with Gasteiger partial charge in [-0.25, -0.2) is 0 Å². The zero-order chi connectivity index (χ0) is 89.7. The molecule has 21 nitrogen and oxygen atoms in total. The standard InChI is InChI=1S/C19H32O2.C16H26O4.C16H26O3.C16H28O2.C14H20O4.C13H18O4.C6H12O2.14CH4/c1-6-17(2,3)16(20)21-18(4,5)19-10-13-7-14(11-19)9-15(8-13)12-19;1-4-13(2,3)12(17)20-16-7-11-5-14(18,9-16)8-15(19,6-11)10-16;1-4-14(2,3)13(17)19-16-8-11-5-12(9-16)7-15(18,6-11)10-16;1-6-15(2,3)14(17)18-16(4,5)13-10-11-7-8-12(13)9-11;1-4-14(2,3)13(16)18-10-7-5-8-9(6-7)12(15)17-11(8)10;1-3-6(2)12(14)16-10-7-4-8-9(5-7)13(15)17-11(8)10;1-4-6(2,3)5(7)8;;;;;;;;;;;;;;/h13-15H,6-12H2,1-5H3;11,18-19H,4-10H2,1-3H3;11-12,18H,4-10H2,1-3H3;11-13H,6-10H2,1-5H3;7-11H,4-6H2,1-3H3;6-11H,3-5H2,1-2H3;4H2,1-3H3,(H,7,8);14*1H4. The number of aliphatic carboxylic acids is 1. The fourth-order valence-corrected chi connectivity index (χ4v) is 25.9. The zero-order valence-electron chi connectivity index (χ0n) is 79.1. The van der Waals surface area contributed by atoms with Crippen LogP contribution in [0.4, 0.5) is 0 Å². The summed E-state index contributed by atoms with van der Waals surface area (Å²) in [6, 6.07) is 0. The first kappa shape index (κ1) is 136. The Hall–Kier alpha value is -4.89. The van der Waals surface area contributed by atoms with Gasteiger partial charge in [-0.15, -0.1) is 0 Å². The zero-order valence-corrected chi connectivity index (χ0v) is 79.1. The van der Waals surface area contributed by atoms with E-state index in [4.69, 9.17) is 43.0 Å². The average molecular weight is 1920 g/mol. The number of esters is 8. The van der Waals surface area contributed by atoms with Crippen molar-refractivity contribution in [2.45, 2.75) is 546 Å². The summed E-state index contributed by atoms with van der Waals surface area (Å²) >= 11 is 0. The maximum atomic E-state index is 12.6.